The van der Waals surface area contributed by atoms with E-state index in [-0.39, 0.29) is 5.69 Å². The summed E-state index contributed by atoms with van der Waals surface area (Å²) >= 11 is 0. The maximum Gasteiger partial charge on any atom is 0.267 e. The van der Waals surface area contributed by atoms with Crippen LogP contribution >= 0.6 is 0 Å². The van der Waals surface area contributed by atoms with Gasteiger partial charge in [-0.1, -0.05) is 24.3 Å². The number of primary amides is 1. The fourth-order valence-corrected chi connectivity index (χ4v) is 3.11. The minimum absolute atomic E-state index is 0.272. The van der Waals surface area contributed by atoms with Crippen LogP contribution in [-0.2, 0) is 0 Å². The van der Waals surface area contributed by atoms with Crippen molar-refractivity contribution < 1.29 is 9.53 Å². The van der Waals surface area contributed by atoms with Crippen molar-refractivity contribution >= 4 is 16.8 Å². The second-order valence-electron chi connectivity index (χ2n) is 5.98. The Morgan fingerprint density at radius 3 is 2.42 bits per heavy atom. The van der Waals surface area contributed by atoms with Crippen molar-refractivity contribution in [2.24, 2.45) is 5.73 Å². The second-order valence-corrected chi connectivity index (χ2v) is 5.98. The highest BCUT2D eigenvalue weighted by atomic mass is 16.5. The summed E-state index contributed by atoms with van der Waals surface area (Å²) in [6, 6.07) is 11.8. The molecule has 4 heteroatoms. The number of carbonyl (C=O) groups excluding carboxylic acids is 1. The van der Waals surface area contributed by atoms with Gasteiger partial charge in [-0.2, -0.15) is 0 Å². The number of aromatic nitrogens is 1. The van der Waals surface area contributed by atoms with Gasteiger partial charge in [-0.3, -0.25) is 4.79 Å². The molecule has 3 aromatic rings. The molecule has 122 valence electrons. The normalized spacial score (nSPS) is 10.8. The van der Waals surface area contributed by atoms with E-state index in [4.69, 9.17) is 10.5 Å². The van der Waals surface area contributed by atoms with Crippen molar-refractivity contribution in [1.29, 1.82) is 0 Å². The van der Waals surface area contributed by atoms with Gasteiger partial charge in [-0.15, -0.1) is 0 Å². The van der Waals surface area contributed by atoms with E-state index in [2.05, 4.69) is 11.1 Å². The van der Waals surface area contributed by atoms with Crippen molar-refractivity contribution in [3.8, 4) is 16.9 Å². The standard InChI is InChI=1S/C20H20N2O2/c1-11-8-9-12(2)19-18(11)15(10-16(22-19)20(21)23)14-6-5-7-17(24-4)13(14)3/h5-10H,1-4H3,(H2,21,23). The Bertz CT molecular complexity index is 962. The number of methoxy groups -OCH3 is 1. The summed E-state index contributed by atoms with van der Waals surface area (Å²) in [6.45, 7) is 6.05. The Morgan fingerprint density at radius 2 is 1.75 bits per heavy atom. The van der Waals surface area contributed by atoms with E-state index in [1.807, 2.05) is 45.0 Å². The van der Waals surface area contributed by atoms with E-state index in [0.717, 1.165) is 44.5 Å². The Balaban J connectivity index is 2.47. The van der Waals surface area contributed by atoms with Gasteiger partial charge in [0.15, 0.2) is 0 Å². The van der Waals surface area contributed by atoms with Gasteiger partial charge in [0.25, 0.3) is 5.91 Å². The van der Waals surface area contributed by atoms with Crippen molar-refractivity contribution in [2.75, 3.05) is 7.11 Å². The Kier molecular flexibility index (Phi) is 3.97. The van der Waals surface area contributed by atoms with Crippen LogP contribution in [0, 0.1) is 20.8 Å². The SMILES string of the molecule is COc1cccc(-c2cc(C(N)=O)nc3c(C)ccc(C)c23)c1C. The van der Waals surface area contributed by atoms with E-state index in [0.29, 0.717) is 0 Å². The monoisotopic (exact) mass is 320 g/mol. The first-order valence-corrected chi connectivity index (χ1v) is 7.78. The predicted octanol–water partition coefficient (Wildman–Crippen LogP) is 3.93. The molecular weight excluding hydrogens is 300 g/mol. The van der Waals surface area contributed by atoms with Gasteiger partial charge in [0.1, 0.15) is 11.4 Å². The highest BCUT2D eigenvalue weighted by Gasteiger charge is 2.16. The second kappa shape index (κ2) is 5.96. The fraction of sp³-hybridized carbons (Fsp3) is 0.200. The molecule has 0 saturated heterocycles. The maximum absolute atomic E-state index is 11.8. The van der Waals surface area contributed by atoms with Gasteiger partial charge in [-0.25, -0.2) is 4.98 Å². The first-order valence-electron chi connectivity index (χ1n) is 7.78. The molecule has 0 atom stereocenters. The summed E-state index contributed by atoms with van der Waals surface area (Å²) in [4.78, 5) is 16.3. The molecule has 0 saturated carbocycles. The first kappa shape index (κ1) is 16.0. The van der Waals surface area contributed by atoms with E-state index < -0.39 is 5.91 Å². The first-order chi connectivity index (χ1) is 11.4. The topological polar surface area (TPSA) is 65.2 Å². The molecule has 3 rings (SSSR count). The van der Waals surface area contributed by atoms with Gasteiger partial charge >= 0.3 is 0 Å². The molecule has 0 unspecified atom stereocenters. The summed E-state index contributed by atoms with van der Waals surface area (Å²) < 4.78 is 5.44. The molecule has 0 spiro atoms. The van der Waals surface area contributed by atoms with Crippen LogP contribution in [-0.4, -0.2) is 18.0 Å². The summed E-state index contributed by atoms with van der Waals surface area (Å²) in [5, 5.41) is 1.04. The van der Waals surface area contributed by atoms with E-state index in [1.165, 1.54) is 0 Å². The number of ether oxygens (including phenoxy) is 1. The number of aryl methyl sites for hydroxylation is 2. The lowest BCUT2D eigenvalue weighted by Gasteiger charge is -2.16. The Morgan fingerprint density at radius 1 is 1.04 bits per heavy atom. The fourth-order valence-electron chi connectivity index (χ4n) is 3.11. The molecule has 1 heterocycles. The number of amides is 1. The molecule has 1 aromatic heterocycles. The van der Waals surface area contributed by atoms with Crippen LogP contribution in [0.4, 0.5) is 0 Å². The van der Waals surface area contributed by atoms with Crippen molar-refractivity contribution in [1.82, 2.24) is 4.98 Å². The molecule has 24 heavy (non-hydrogen) atoms. The average Bonchev–Trinajstić information content (AvgIpc) is 2.57. The van der Waals surface area contributed by atoms with Crippen LogP contribution in [0.2, 0.25) is 0 Å². The molecule has 0 radical (unpaired) electrons. The number of carbonyl (C=O) groups is 1. The minimum Gasteiger partial charge on any atom is -0.496 e. The third-order valence-corrected chi connectivity index (χ3v) is 4.42. The third kappa shape index (κ3) is 2.50. The molecule has 0 aliphatic carbocycles. The predicted molar refractivity (Wildman–Crippen MR) is 96.5 cm³/mol. The largest absolute Gasteiger partial charge is 0.496 e. The lowest BCUT2D eigenvalue weighted by atomic mass is 9.92. The lowest BCUT2D eigenvalue weighted by molar-refractivity contribution is 0.0996. The molecule has 0 fully saturated rings. The number of hydrogen-bond donors (Lipinski definition) is 1. The van der Waals surface area contributed by atoms with E-state index in [1.54, 1.807) is 13.2 Å². The summed E-state index contributed by atoms with van der Waals surface area (Å²) in [5.74, 6) is 0.281. The molecule has 2 N–H and O–H groups in total. The lowest BCUT2D eigenvalue weighted by Crippen LogP contribution is -2.13. The molecule has 1 amide bonds. The molecule has 0 aliphatic rings. The van der Waals surface area contributed by atoms with Crippen LogP contribution in [0.1, 0.15) is 27.2 Å². The van der Waals surface area contributed by atoms with Gasteiger partial charge in [0.05, 0.1) is 12.6 Å². The van der Waals surface area contributed by atoms with E-state index >= 15 is 0 Å². The number of rotatable bonds is 3. The van der Waals surface area contributed by atoms with Crippen molar-refractivity contribution in [2.45, 2.75) is 20.8 Å². The number of nitrogens with zero attached hydrogens (tertiary/aromatic N) is 1. The Labute approximate surface area is 141 Å². The van der Waals surface area contributed by atoms with Crippen LogP contribution in [0.15, 0.2) is 36.4 Å². The zero-order chi connectivity index (χ0) is 17.4. The van der Waals surface area contributed by atoms with Crippen LogP contribution in [0.3, 0.4) is 0 Å². The molecule has 0 aliphatic heterocycles. The smallest absolute Gasteiger partial charge is 0.267 e. The molecule has 4 nitrogen and oxygen atoms in total. The van der Waals surface area contributed by atoms with Gasteiger partial charge in [0, 0.05) is 5.39 Å². The third-order valence-electron chi connectivity index (χ3n) is 4.42. The molecular formula is C20H20N2O2. The number of fused-ring (bicyclic) bond motifs is 1. The maximum atomic E-state index is 11.8. The highest BCUT2D eigenvalue weighted by Crippen LogP contribution is 2.36. The van der Waals surface area contributed by atoms with Crippen LogP contribution in [0.25, 0.3) is 22.0 Å². The van der Waals surface area contributed by atoms with Gasteiger partial charge in [-0.05, 0) is 60.7 Å². The average molecular weight is 320 g/mol. The van der Waals surface area contributed by atoms with E-state index in [9.17, 15) is 4.79 Å². The summed E-state index contributed by atoms with van der Waals surface area (Å²) in [5.41, 5.74) is 11.7. The number of hydrogen-bond acceptors (Lipinski definition) is 3. The summed E-state index contributed by atoms with van der Waals surface area (Å²) in [7, 11) is 1.65. The zero-order valence-electron chi connectivity index (χ0n) is 14.3. The minimum atomic E-state index is -0.528. The van der Waals surface area contributed by atoms with Crippen LogP contribution in [0.5, 0.6) is 5.75 Å². The Hall–Kier alpha value is -2.88. The molecule has 2 aromatic carbocycles. The highest BCUT2D eigenvalue weighted by molar-refractivity contribution is 6.03. The quantitative estimate of drug-likeness (QED) is 0.795. The van der Waals surface area contributed by atoms with Crippen molar-refractivity contribution in [3.05, 3.63) is 58.8 Å². The number of nitrogens with two attached hydrogens (primary N) is 1. The summed E-state index contributed by atoms with van der Waals surface area (Å²) in [6.07, 6.45) is 0. The number of benzene rings is 2. The van der Waals surface area contributed by atoms with Crippen LogP contribution < -0.4 is 10.5 Å². The number of pyridine rings is 1. The van der Waals surface area contributed by atoms with Gasteiger partial charge < -0.3 is 10.5 Å². The zero-order valence-corrected chi connectivity index (χ0v) is 14.3. The van der Waals surface area contributed by atoms with Gasteiger partial charge in [0.2, 0.25) is 0 Å². The van der Waals surface area contributed by atoms with Crippen molar-refractivity contribution in [3.63, 3.8) is 0 Å². The molecule has 0 bridgehead atoms.